The summed E-state index contributed by atoms with van der Waals surface area (Å²) in [4.78, 5) is 2.52. The van der Waals surface area contributed by atoms with Crippen LogP contribution in [0.3, 0.4) is 0 Å². The fourth-order valence-corrected chi connectivity index (χ4v) is 2.56. The first-order valence-corrected chi connectivity index (χ1v) is 7.18. The van der Waals surface area contributed by atoms with Crippen LogP contribution in [0.2, 0.25) is 0 Å². The SMILES string of the molecule is CCCNC(C)(CO)CN1CCCC(C)CC1. The van der Waals surface area contributed by atoms with Crippen LogP contribution in [0.4, 0.5) is 0 Å². The Labute approximate surface area is 107 Å². The third-order valence-corrected chi connectivity index (χ3v) is 3.83. The van der Waals surface area contributed by atoms with E-state index in [1.54, 1.807) is 0 Å². The topological polar surface area (TPSA) is 35.5 Å². The van der Waals surface area contributed by atoms with Crippen LogP contribution < -0.4 is 5.32 Å². The van der Waals surface area contributed by atoms with E-state index < -0.39 is 0 Å². The van der Waals surface area contributed by atoms with Gasteiger partial charge in [0.1, 0.15) is 0 Å². The fraction of sp³-hybridized carbons (Fsp3) is 1.00. The molecule has 2 atom stereocenters. The van der Waals surface area contributed by atoms with Gasteiger partial charge in [-0.3, -0.25) is 0 Å². The Kier molecular flexibility index (Phi) is 6.45. The Morgan fingerprint density at radius 3 is 2.76 bits per heavy atom. The molecule has 3 heteroatoms. The molecule has 0 radical (unpaired) electrons. The Morgan fingerprint density at radius 2 is 2.12 bits per heavy atom. The molecule has 1 aliphatic rings. The summed E-state index contributed by atoms with van der Waals surface area (Å²) in [5, 5.41) is 13.1. The molecule has 0 aliphatic carbocycles. The lowest BCUT2D eigenvalue weighted by molar-refractivity contribution is 0.121. The van der Waals surface area contributed by atoms with Gasteiger partial charge in [-0.25, -0.2) is 0 Å². The summed E-state index contributed by atoms with van der Waals surface area (Å²) >= 11 is 0. The van der Waals surface area contributed by atoms with Crippen molar-refractivity contribution in [3.05, 3.63) is 0 Å². The Hall–Kier alpha value is -0.120. The van der Waals surface area contributed by atoms with Gasteiger partial charge in [0.05, 0.1) is 12.1 Å². The molecular weight excluding hydrogens is 212 g/mol. The summed E-state index contributed by atoms with van der Waals surface area (Å²) < 4.78 is 0. The molecule has 0 aromatic heterocycles. The van der Waals surface area contributed by atoms with Gasteiger partial charge >= 0.3 is 0 Å². The van der Waals surface area contributed by atoms with Crippen LogP contribution in [0.1, 0.15) is 46.5 Å². The van der Waals surface area contributed by atoms with E-state index in [2.05, 4.69) is 31.0 Å². The maximum atomic E-state index is 9.58. The van der Waals surface area contributed by atoms with E-state index >= 15 is 0 Å². The van der Waals surface area contributed by atoms with Crippen LogP contribution >= 0.6 is 0 Å². The van der Waals surface area contributed by atoms with E-state index in [0.29, 0.717) is 0 Å². The van der Waals surface area contributed by atoms with Crippen molar-refractivity contribution in [3.63, 3.8) is 0 Å². The molecule has 0 bridgehead atoms. The number of nitrogens with one attached hydrogen (secondary N) is 1. The molecular formula is C14H30N2O. The van der Waals surface area contributed by atoms with Gasteiger partial charge < -0.3 is 15.3 Å². The van der Waals surface area contributed by atoms with E-state index in [1.165, 1.54) is 32.4 Å². The molecule has 1 fully saturated rings. The summed E-state index contributed by atoms with van der Waals surface area (Å²) in [7, 11) is 0. The van der Waals surface area contributed by atoms with Crippen LogP contribution in [-0.4, -0.2) is 48.3 Å². The van der Waals surface area contributed by atoms with E-state index in [4.69, 9.17) is 0 Å². The van der Waals surface area contributed by atoms with Gasteiger partial charge in [-0.15, -0.1) is 0 Å². The average Bonchev–Trinajstić information content (AvgIpc) is 2.52. The molecule has 1 rings (SSSR count). The van der Waals surface area contributed by atoms with E-state index in [0.717, 1.165) is 25.4 Å². The predicted molar refractivity (Wildman–Crippen MR) is 73.2 cm³/mol. The lowest BCUT2D eigenvalue weighted by Crippen LogP contribution is -2.54. The first kappa shape index (κ1) is 14.9. The Balaban J connectivity index is 2.43. The number of likely N-dealkylation sites (tertiary alicyclic amines) is 1. The predicted octanol–water partition coefficient (Wildman–Crippen LogP) is 1.86. The van der Waals surface area contributed by atoms with Crippen molar-refractivity contribution in [1.29, 1.82) is 0 Å². The Morgan fingerprint density at radius 1 is 1.35 bits per heavy atom. The highest BCUT2D eigenvalue weighted by Gasteiger charge is 2.26. The second-order valence-corrected chi connectivity index (χ2v) is 5.96. The minimum atomic E-state index is -0.135. The number of nitrogens with zero attached hydrogens (tertiary/aromatic N) is 1. The van der Waals surface area contributed by atoms with Crippen LogP contribution in [0.15, 0.2) is 0 Å². The van der Waals surface area contributed by atoms with Crippen molar-refractivity contribution in [1.82, 2.24) is 10.2 Å². The molecule has 2 unspecified atom stereocenters. The van der Waals surface area contributed by atoms with E-state index in [9.17, 15) is 5.11 Å². The van der Waals surface area contributed by atoms with Gasteiger partial charge in [-0.05, 0) is 58.2 Å². The standard InChI is InChI=1S/C14H30N2O/c1-4-8-15-14(3,12-17)11-16-9-5-6-13(2)7-10-16/h13,15,17H,4-12H2,1-3H3. The second kappa shape index (κ2) is 7.34. The molecule has 0 spiro atoms. The lowest BCUT2D eigenvalue weighted by atomic mass is 10.0. The third kappa shape index (κ3) is 5.36. The van der Waals surface area contributed by atoms with Crippen molar-refractivity contribution < 1.29 is 5.11 Å². The number of hydrogen-bond acceptors (Lipinski definition) is 3. The number of hydrogen-bond donors (Lipinski definition) is 2. The van der Waals surface area contributed by atoms with E-state index in [-0.39, 0.29) is 12.1 Å². The third-order valence-electron chi connectivity index (χ3n) is 3.83. The monoisotopic (exact) mass is 242 g/mol. The minimum absolute atomic E-state index is 0.135. The average molecular weight is 242 g/mol. The minimum Gasteiger partial charge on any atom is -0.394 e. The molecule has 0 aromatic carbocycles. The second-order valence-electron chi connectivity index (χ2n) is 5.96. The van der Waals surface area contributed by atoms with Gasteiger partial charge in [0, 0.05) is 6.54 Å². The molecule has 2 N–H and O–H groups in total. The van der Waals surface area contributed by atoms with Gasteiger partial charge in [0.15, 0.2) is 0 Å². The highest BCUT2D eigenvalue weighted by Crippen LogP contribution is 2.18. The lowest BCUT2D eigenvalue weighted by Gasteiger charge is -2.34. The van der Waals surface area contributed by atoms with Crippen molar-refractivity contribution in [3.8, 4) is 0 Å². The quantitative estimate of drug-likeness (QED) is 0.746. The van der Waals surface area contributed by atoms with Crippen LogP contribution in [-0.2, 0) is 0 Å². The molecule has 102 valence electrons. The molecule has 3 nitrogen and oxygen atoms in total. The Bertz CT molecular complexity index is 210. The van der Waals surface area contributed by atoms with Crippen LogP contribution in [0, 0.1) is 5.92 Å². The molecule has 0 aromatic rings. The summed E-state index contributed by atoms with van der Waals surface area (Å²) in [6.45, 7) is 11.2. The molecule has 17 heavy (non-hydrogen) atoms. The van der Waals surface area contributed by atoms with Gasteiger partial charge in [0.25, 0.3) is 0 Å². The van der Waals surface area contributed by atoms with Gasteiger partial charge in [0.2, 0.25) is 0 Å². The maximum absolute atomic E-state index is 9.58. The number of aliphatic hydroxyl groups is 1. The summed E-state index contributed by atoms with van der Waals surface area (Å²) in [5.41, 5.74) is -0.135. The molecule has 1 saturated heterocycles. The molecule has 0 amide bonds. The zero-order chi connectivity index (χ0) is 12.7. The zero-order valence-corrected chi connectivity index (χ0v) is 11.8. The highest BCUT2D eigenvalue weighted by molar-refractivity contribution is 4.86. The molecule has 0 saturated carbocycles. The van der Waals surface area contributed by atoms with Crippen molar-refractivity contribution in [2.75, 3.05) is 32.8 Å². The summed E-state index contributed by atoms with van der Waals surface area (Å²) in [6, 6.07) is 0. The summed E-state index contributed by atoms with van der Waals surface area (Å²) in [6.07, 6.45) is 5.08. The first-order chi connectivity index (χ1) is 8.09. The van der Waals surface area contributed by atoms with Gasteiger partial charge in [-0.2, -0.15) is 0 Å². The van der Waals surface area contributed by atoms with Crippen molar-refractivity contribution >= 4 is 0 Å². The normalized spacial score (nSPS) is 26.5. The highest BCUT2D eigenvalue weighted by atomic mass is 16.3. The van der Waals surface area contributed by atoms with Crippen LogP contribution in [0.25, 0.3) is 0 Å². The summed E-state index contributed by atoms with van der Waals surface area (Å²) in [5.74, 6) is 0.865. The molecule has 1 aliphatic heterocycles. The first-order valence-electron chi connectivity index (χ1n) is 7.18. The fourth-order valence-electron chi connectivity index (χ4n) is 2.56. The number of rotatable bonds is 6. The van der Waals surface area contributed by atoms with Crippen molar-refractivity contribution in [2.24, 2.45) is 5.92 Å². The molecule has 1 heterocycles. The smallest absolute Gasteiger partial charge is 0.0623 e. The van der Waals surface area contributed by atoms with Crippen LogP contribution in [0.5, 0.6) is 0 Å². The number of aliphatic hydroxyl groups excluding tert-OH is 1. The van der Waals surface area contributed by atoms with Crippen molar-refractivity contribution in [2.45, 2.75) is 52.0 Å². The van der Waals surface area contributed by atoms with E-state index in [1.807, 2.05) is 0 Å². The zero-order valence-electron chi connectivity index (χ0n) is 11.8. The van der Waals surface area contributed by atoms with Gasteiger partial charge in [-0.1, -0.05) is 13.8 Å². The largest absolute Gasteiger partial charge is 0.394 e. The maximum Gasteiger partial charge on any atom is 0.0623 e.